The number of benzene rings is 5. The number of morpholine rings is 5. The number of hydrogen-bond acceptors (Lipinski definition) is 27. The summed E-state index contributed by atoms with van der Waals surface area (Å²) in [6.45, 7) is 38.8. The third-order valence-corrected chi connectivity index (χ3v) is 28.5. The molecule has 10 aromatic heterocycles. The van der Waals surface area contributed by atoms with Crippen LogP contribution in [0, 0.1) is 23.2 Å². The van der Waals surface area contributed by atoms with Crippen molar-refractivity contribution in [2.75, 3.05) is 156 Å². The number of nitrogens with zero attached hydrogens (tertiary/aromatic N) is 26. The molecule has 3 atom stereocenters. The Morgan fingerprint density at radius 2 is 0.603 bits per heavy atom. The largest absolute Gasteiger partial charge is 0.508 e. The van der Waals surface area contributed by atoms with Crippen molar-refractivity contribution in [3.63, 3.8) is 0 Å². The van der Waals surface area contributed by atoms with Gasteiger partial charge < -0.3 is 71.6 Å². The molecular weight excluding hydrogens is 1770 g/mol. The third kappa shape index (κ3) is 19.2. The molecular formula is C109H124N26O6. The van der Waals surface area contributed by atoms with E-state index in [1.165, 1.54) is 44.5 Å². The van der Waals surface area contributed by atoms with Crippen molar-refractivity contribution in [2.24, 2.45) is 11.8 Å². The first-order valence-corrected chi connectivity index (χ1v) is 50.2. The minimum absolute atomic E-state index is 0.210. The molecule has 5 saturated heterocycles. The molecule has 5 aromatic carbocycles. The Kier molecular flexibility index (Phi) is 28.2. The maximum atomic E-state index is 9.93. The minimum atomic E-state index is -0.304. The van der Waals surface area contributed by atoms with E-state index in [2.05, 4.69) is 249 Å². The Hall–Kier alpha value is -14.1. The van der Waals surface area contributed by atoms with E-state index in [9.17, 15) is 10.4 Å². The molecule has 15 aromatic rings. The zero-order chi connectivity index (χ0) is 96.9. The zero-order valence-corrected chi connectivity index (χ0v) is 82.5. The molecule has 4 aliphatic carbocycles. The van der Waals surface area contributed by atoms with E-state index in [4.69, 9.17) is 88.5 Å². The summed E-state index contributed by atoms with van der Waals surface area (Å²) in [5.41, 5.74) is 28.4. The van der Waals surface area contributed by atoms with Crippen molar-refractivity contribution in [3.05, 3.63) is 198 Å². The summed E-state index contributed by atoms with van der Waals surface area (Å²) in [5, 5.41) is 19.5. The number of rotatable bonds is 20. The molecule has 726 valence electrons. The fraction of sp³-hybridized carbons (Fsp3) is 0.413. The lowest BCUT2D eigenvalue weighted by atomic mass is 10.00. The van der Waals surface area contributed by atoms with Crippen molar-refractivity contribution in [1.29, 1.82) is 5.26 Å². The number of fused-ring (bicyclic) bond motifs is 9. The second-order valence-corrected chi connectivity index (χ2v) is 38.1. The Morgan fingerprint density at radius 1 is 0.326 bits per heavy atom. The van der Waals surface area contributed by atoms with Crippen LogP contribution in [0.5, 0.6) is 5.75 Å². The number of imidazole rings is 5. The van der Waals surface area contributed by atoms with Crippen LogP contribution in [0.2, 0.25) is 0 Å². The average Bonchev–Trinajstić information content (AvgIpc) is 1.64. The number of nitriles is 1. The molecule has 24 rings (SSSR count). The van der Waals surface area contributed by atoms with E-state index < -0.39 is 0 Å². The molecule has 0 spiro atoms. The second kappa shape index (κ2) is 42.1. The van der Waals surface area contributed by atoms with E-state index in [-0.39, 0.29) is 23.9 Å². The summed E-state index contributed by atoms with van der Waals surface area (Å²) in [6.07, 6.45) is 33.6. The first-order valence-electron chi connectivity index (χ1n) is 50.2. The van der Waals surface area contributed by atoms with Crippen LogP contribution in [0.3, 0.4) is 0 Å². The van der Waals surface area contributed by atoms with Crippen LogP contribution in [0.15, 0.2) is 153 Å². The summed E-state index contributed by atoms with van der Waals surface area (Å²) in [5.74, 6) is 4.82. The fourth-order valence-electron chi connectivity index (χ4n) is 19.8. The molecule has 9 aliphatic rings. The molecule has 0 bridgehead atoms. The number of phenolic OH excluding ortho intramolecular Hbond substituents is 1. The maximum Gasteiger partial charge on any atom is 0.228 e. The number of allylic oxidation sites excluding steroid dienone is 4. The first-order chi connectivity index (χ1) is 69.0. The maximum absolute atomic E-state index is 9.93. The Bertz CT molecular complexity index is 7060. The first kappa shape index (κ1) is 94.5. The molecule has 1 N–H and O–H groups in total. The highest BCUT2D eigenvalue weighted by Gasteiger charge is 2.33. The van der Waals surface area contributed by atoms with Gasteiger partial charge in [0.05, 0.1) is 104 Å². The summed E-state index contributed by atoms with van der Waals surface area (Å²) < 4.78 is 38.1. The van der Waals surface area contributed by atoms with Gasteiger partial charge in [-0.25, -0.2) is 49.8 Å². The van der Waals surface area contributed by atoms with Crippen molar-refractivity contribution in [2.45, 2.75) is 151 Å². The van der Waals surface area contributed by atoms with Gasteiger partial charge in [0.25, 0.3) is 0 Å². The number of ether oxygens (including phenoxy) is 5. The van der Waals surface area contributed by atoms with Crippen molar-refractivity contribution in [3.8, 4) is 68.1 Å². The average molecular weight is 1890 g/mol. The molecule has 5 aliphatic heterocycles. The summed E-state index contributed by atoms with van der Waals surface area (Å²) >= 11 is 0. The lowest BCUT2D eigenvalue weighted by Gasteiger charge is -2.27. The van der Waals surface area contributed by atoms with E-state index in [1.807, 2.05) is 48.9 Å². The molecule has 32 nitrogen and oxygen atoms in total. The molecule has 32 heteroatoms. The summed E-state index contributed by atoms with van der Waals surface area (Å²) in [4.78, 5) is 84.0. The molecule has 141 heavy (non-hydrogen) atoms. The quantitative estimate of drug-likeness (QED) is 0.0740. The van der Waals surface area contributed by atoms with E-state index in [1.54, 1.807) is 18.5 Å². The molecule has 0 saturated carbocycles. The standard InChI is InChI=1S/2C23H27N5O.C22H22N6O.C21H23N5O.C20H25N5O2/c1-15(2)16(3)28-14-24-21-20(19-9-5-7-17-6-4-8-18(17)19)25-23(26-22(21)28)27-10-12-29-13-11-27;1-3-17(4-2)28-15-24-21-20(19-10-6-8-16-7-5-9-18(16)19)25-23(26-22(21)28)27-11-13-29-14-12-27;1-2-16(13-23)28-14-24-20-19(18-8-4-6-15-5-3-7-17(15)18)25-22(26-21(20)28)27-9-11-29-12-10-27;1-14(2)26-13-22-19-18(17-8-4-6-15-5-3-7-16(15)17)23-21(24-20(19)26)25-9-11-27-12-10-25;1-13(2)14(3)25-12-21-18-17(15-5-4-6-16(26)11-15)22-20(23-19(18)25)24-7-9-27-10-8-24/h4-5,7-9,14-16H,6,10-13H2,1-3H3;5-6,8-10,15,17H,3-4,7,11-14H2,1-2H3;3-4,6-8,14,16H,2,5,9-12H2,1H3;3-4,6-8,13-14H,5,9-12H2,1-2H3;4-6,11-14,26H,7-10H2,1-3H3. The van der Waals surface area contributed by atoms with Crippen LogP contribution in [0.4, 0.5) is 29.7 Å². The third-order valence-electron chi connectivity index (χ3n) is 28.5. The van der Waals surface area contributed by atoms with Gasteiger partial charge in [0.15, 0.2) is 28.2 Å². The summed E-state index contributed by atoms with van der Waals surface area (Å²) in [7, 11) is 0. The van der Waals surface area contributed by atoms with Crippen LogP contribution in [0.1, 0.15) is 170 Å². The highest BCUT2D eigenvalue weighted by molar-refractivity contribution is 5.97. The van der Waals surface area contributed by atoms with Crippen molar-refractivity contribution in [1.82, 2.24) is 97.6 Å². The predicted octanol–water partition coefficient (Wildman–Crippen LogP) is 18.5. The SMILES string of the molecule is CC(C)C(C)n1cnc2c(-c3cccc(O)c3)nc(N3CCOCC3)nc21.CC(C)C(C)n1cnc2c(-c3cccc4c3C=CC4)nc(N3CCOCC3)nc21.CC(C)n1cnc2c(-c3cccc4c3C=CC4)nc(N3CCOCC3)nc21.CCC(C#N)n1cnc2c(-c3cccc4c3C=CC4)nc(N3CCOCC3)nc21.CCC(CC)n1cnc2c(-c3cccc4c3C=CC4)nc(N3CCOCC3)nc21. The van der Waals surface area contributed by atoms with Crippen LogP contribution in [0.25, 0.3) is 136 Å². The minimum Gasteiger partial charge on any atom is -0.508 e. The fourth-order valence-corrected chi connectivity index (χ4v) is 19.8. The Labute approximate surface area is 821 Å². The topological polar surface area (TPSA) is 324 Å². The van der Waals surface area contributed by atoms with Gasteiger partial charge in [-0.15, -0.1) is 0 Å². The van der Waals surface area contributed by atoms with Crippen LogP contribution in [-0.4, -0.2) is 234 Å². The second-order valence-electron chi connectivity index (χ2n) is 38.1. The lowest BCUT2D eigenvalue weighted by Crippen LogP contribution is -2.37. The van der Waals surface area contributed by atoms with Crippen molar-refractivity contribution < 1.29 is 28.8 Å². The van der Waals surface area contributed by atoms with Crippen LogP contribution >= 0.6 is 0 Å². The Morgan fingerprint density at radius 3 is 0.901 bits per heavy atom. The molecule has 0 radical (unpaired) electrons. The van der Waals surface area contributed by atoms with Crippen LogP contribution in [-0.2, 0) is 49.4 Å². The molecule has 0 amide bonds. The normalized spacial score (nSPS) is 16.6. The number of hydrogen-bond donors (Lipinski definition) is 1. The van der Waals surface area contributed by atoms with Gasteiger partial charge in [-0.1, -0.05) is 182 Å². The van der Waals surface area contributed by atoms with E-state index in [0.29, 0.717) is 114 Å². The number of aromatic hydroxyl groups is 1. The number of phenols is 1. The molecule has 5 fully saturated rings. The van der Waals surface area contributed by atoms with Crippen molar-refractivity contribution >= 4 is 110 Å². The van der Waals surface area contributed by atoms with Gasteiger partial charge >= 0.3 is 0 Å². The summed E-state index contributed by atoms with van der Waals surface area (Å²) in [6, 6.07) is 36.2. The van der Waals surface area contributed by atoms with Gasteiger partial charge in [0, 0.05) is 117 Å². The van der Waals surface area contributed by atoms with E-state index in [0.717, 1.165) is 228 Å². The zero-order valence-electron chi connectivity index (χ0n) is 82.5. The van der Waals surface area contributed by atoms with Crippen LogP contribution < -0.4 is 24.5 Å². The monoisotopic (exact) mass is 1890 g/mol. The van der Waals surface area contributed by atoms with Gasteiger partial charge in [0.1, 0.15) is 67.8 Å². The van der Waals surface area contributed by atoms with Gasteiger partial charge in [0.2, 0.25) is 29.7 Å². The van der Waals surface area contributed by atoms with E-state index >= 15 is 0 Å². The molecule has 3 unspecified atom stereocenters. The Balaban J connectivity index is 0.000000108. The number of aromatic nitrogens is 20. The van der Waals surface area contributed by atoms with Gasteiger partial charge in [-0.05, 0) is 141 Å². The predicted molar refractivity (Wildman–Crippen MR) is 556 cm³/mol. The van der Waals surface area contributed by atoms with Gasteiger partial charge in [-0.3, -0.25) is 4.57 Å². The highest BCUT2D eigenvalue weighted by atomic mass is 16.5. The van der Waals surface area contributed by atoms with Gasteiger partial charge in [-0.2, -0.15) is 30.2 Å². The highest BCUT2D eigenvalue weighted by Crippen LogP contribution is 2.43. The lowest BCUT2D eigenvalue weighted by molar-refractivity contribution is 0.122. The molecule has 15 heterocycles. The number of anilines is 5. The smallest absolute Gasteiger partial charge is 0.228 e.